The lowest BCUT2D eigenvalue weighted by atomic mass is 10.3. The molecule has 7 heteroatoms. The zero-order valence-electron chi connectivity index (χ0n) is 8.50. The number of thioether (sulfide) groups is 1. The largest absolute Gasteiger partial charge is 0.269 e. The van der Waals surface area contributed by atoms with Crippen molar-refractivity contribution in [3.05, 3.63) is 49.9 Å². The Hall–Kier alpha value is -1.11. The van der Waals surface area contributed by atoms with Crippen molar-refractivity contribution in [3.63, 3.8) is 0 Å². The van der Waals surface area contributed by atoms with Crippen molar-refractivity contribution in [2.45, 2.75) is 10.6 Å². The molecule has 0 bridgehead atoms. The summed E-state index contributed by atoms with van der Waals surface area (Å²) in [4.78, 5) is 16.1. The summed E-state index contributed by atoms with van der Waals surface area (Å²) >= 11 is 8.76. The van der Waals surface area contributed by atoms with Crippen LogP contribution in [-0.4, -0.2) is 9.91 Å². The molecule has 2 rings (SSSR count). The Bertz CT molecular complexity index is 527. The standard InChI is InChI=1S/C10H7ClN2O2S2/c11-10-12-5-9(17-10)6-16-8-3-1-7(2-4-8)13(14)15/h1-5H,6H2. The number of non-ortho nitro benzene ring substituents is 1. The van der Waals surface area contributed by atoms with Crippen LogP contribution >= 0.6 is 34.7 Å². The summed E-state index contributed by atoms with van der Waals surface area (Å²) < 4.78 is 0.532. The first-order valence-electron chi connectivity index (χ1n) is 4.62. The van der Waals surface area contributed by atoms with E-state index < -0.39 is 4.92 Å². The zero-order chi connectivity index (χ0) is 12.3. The van der Waals surface area contributed by atoms with Crippen LogP contribution in [0.15, 0.2) is 35.4 Å². The Morgan fingerprint density at radius 1 is 1.41 bits per heavy atom. The van der Waals surface area contributed by atoms with Crippen LogP contribution in [0.4, 0.5) is 5.69 Å². The van der Waals surface area contributed by atoms with Crippen LogP contribution in [0.25, 0.3) is 0 Å². The molecule has 88 valence electrons. The Kier molecular flexibility index (Phi) is 3.98. The first kappa shape index (κ1) is 12.3. The summed E-state index contributed by atoms with van der Waals surface area (Å²) in [6.07, 6.45) is 1.74. The number of aromatic nitrogens is 1. The molecule has 1 aromatic carbocycles. The molecule has 0 aliphatic rings. The Balaban J connectivity index is 1.97. The van der Waals surface area contributed by atoms with Crippen molar-refractivity contribution in [2.75, 3.05) is 0 Å². The van der Waals surface area contributed by atoms with E-state index in [-0.39, 0.29) is 5.69 Å². The molecule has 0 aliphatic heterocycles. The lowest BCUT2D eigenvalue weighted by Crippen LogP contribution is -1.86. The van der Waals surface area contributed by atoms with E-state index in [4.69, 9.17) is 11.6 Å². The highest BCUT2D eigenvalue weighted by Crippen LogP contribution is 2.28. The van der Waals surface area contributed by atoms with Gasteiger partial charge >= 0.3 is 0 Å². The van der Waals surface area contributed by atoms with Gasteiger partial charge in [-0.1, -0.05) is 11.6 Å². The van der Waals surface area contributed by atoms with Gasteiger partial charge in [0.2, 0.25) is 0 Å². The highest BCUT2D eigenvalue weighted by Gasteiger charge is 2.05. The van der Waals surface area contributed by atoms with Crippen LogP contribution in [0.2, 0.25) is 4.47 Å². The van der Waals surface area contributed by atoms with Gasteiger partial charge in [0.1, 0.15) is 0 Å². The molecule has 0 radical (unpaired) electrons. The van der Waals surface area contributed by atoms with Crippen molar-refractivity contribution in [3.8, 4) is 0 Å². The van der Waals surface area contributed by atoms with E-state index in [0.717, 1.165) is 15.5 Å². The fourth-order valence-corrected chi connectivity index (χ4v) is 3.07. The number of benzene rings is 1. The molecule has 0 saturated heterocycles. The van der Waals surface area contributed by atoms with E-state index in [9.17, 15) is 10.1 Å². The summed E-state index contributed by atoms with van der Waals surface area (Å²) in [6.45, 7) is 0. The lowest BCUT2D eigenvalue weighted by Gasteiger charge is -1.98. The van der Waals surface area contributed by atoms with E-state index >= 15 is 0 Å². The molecule has 2 aromatic rings. The minimum Gasteiger partial charge on any atom is -0.258 e. The molecule has 0 unspecified atom stereocenters. The third-order valence-corrected chi connectivity index (χ3v) is 4.31. The van der Waals surface area contributed by atoms with Crippen LogP contribution in [0.3, 0.4) is 0 Å². The Labute approximate surface area is 111 Å². The maximum atomic E-state index is 10.5. The van der Waals surface area contributed by atoms with Crippen LogP contribution in [0, 0.1) is 10.1 Å². The Morgan fingerprint density at radius 2 is 2.12 bits per heavy atom. The summed E-state index contributed by atoms with van der Waals surface area (Å²) in [7, 11) is 0. The van der Waals surface area contributed by atoms with Crippen LogP contribution < -0.4 is 0 Å². The summed E-state index contributed by atoms with van der Waals surface area (Å²) in [5.74, 6) is 0.766. The third kappa shape index (κ3) is 3.42. The van der Waals surface area contributed by atoms with Crippen molar-refractivity contribution in [2.24, 2.45) is 0 Å². The number of hydrogen-bond acceptors (Lipinski definition) is 5. The topological polar surface area (TPSA) is 56.0 Å². The molecule has 4 nitrogen and oxygen atoms in total. The predicted molar refractivity (Wildman–Crippen MR) is 69.8 cm³/mol. The molecule has 0 atom stereocenters. The van der Waals surface area contributed by atoms with Crippen molar-refractivity contribution in [1.29, 1.82) is 0 Å². The smallest absolute Gasteiger partial charge is 0.258 e. The molecule has 0 fully saturated rings. The molecule has 0 amide bonds. The van der Waals surface area contributed by atoms with Gasteiger partial charge in [0.15, 0.2) is 4.47 Å². The van der Waals surface area contributed by atoms with Crippen LogP contribution in [0.1, 0.15) is 4.88 Å². The fourth-order valence-electron chi connectivity index (χ4n) is 1.17. The summed E-state index contributed by atoms with van der Waals surface area (Å²) in [6, 6.07) is 6.49. The average Bonchev–Trinajstić information content (AvgIpc) is 2.73. The van der Waals surface area contributed by atoms with E-state index in [1.807, 2.05) is 0 Å². The molecule has 0 aliphatic carbocycles. The number of hydrogen-bond donors (Lipinski definition) is 0. The van der Waals surface area contributed by atoms with Crippen molar-refractivity contribution < 1.29 is 4.92 Å². The molecule has 0 spiro atoms. The van der Waals surface area contributed by atoms with Gasteiger partial charge in [0, 0.05) is 33.9 Å². The number of halogens is 1. The first-order chi connectivity index (χ1) is 8.15. The van der Waals surface area contributed by atoms with E-state index in [0.29, 0.717) is 4.47 Å². The number of nitro groups is 1. The third-order valence-electron chi connectivity index (χ3n) is 1.95. The van der Waals surface area contributed by atoms with E-state index in [1.54, 1.807) is 30.1 Å². The summed E-state index contributed by atoms with van der Waals surface area (Å²) in [5.41, 5.74) is 0.107. The zero-order valence-corrected chi connectivity index (χ0v) is 10.9. The van der Waals surface area contributed by atoms with Crippen molar-refractivity contribution in [1.82, 2.24) is 4.98 Å². The average molecular weight is 287 g/mol. The van der Waals surface area contributed by atoms with Gasteiger partial charge in [-0.15, -0.1) is 23.1 Å². The second kappa shape index (κ2) is 5.48. The lowest BCUT2D eigenvalue weighted by molar-refractivity contribution is -0.384. The minimum absolute atomic E-state index is 0.107. The first-order valence-corrected chi connectivity index (χ1v) is 6.80. The molecule has 1 aromatic heterocycles. The monoisotopic (exact) mass is 286 g/mol. The molecule has 17 heavy (non-hydrogen) atoms. The van der Waals surface area contributed by atoms with Gasteiger partial charge in [-0.2, -0.15) is 0 Å². The SMILES string of the molecule is O=[N+]([O-])c1ccc(SCc2cnc(Cl)s2)cc1. The number of nitro benzene ring substituents is 1. The van der Waals surface area contributed by atoms with E-state index in [2.05, 4.69) is 4.98 Å². The molecule has 0 saturated carbocycles. The molecular weight excluding hydrogens is 280 g/mol. The van der Waals surface area contributed by atoms with Crippen LogP contribution in [0.5, 0.6) is 0 Å². The van der Waals surface area contributed by atoms with Gasteiger partial charge < -0.3 is 0 Å². The molecule has 1 heterocycles. The number of nitrogens with zero attached hydrogens (tertiary/aromatic N) is 2. The second-order valence-corrected chi connectivity index (χ2v) is 5.87. The second-order valence-electron chi connectivity index (χ2n) is 3.12. The van der Waals surface area contributed by atoms with Gasteiger partial charge in [-0.05, 0) is 12.1 Å². The fraction of sp³-hybridized carbons (Fsp3) is 0.100. The normalized spacial score (nSPS) is 10.4. The molecule has 0 N–H and O–H groups in total. The number of rotatable bonds is 4. The van der Waals surface area contributed by atoms with Crippen LogP contribution in [-0.2, 0) is 5.75 Å². The Morgan fingerprint density at radius 3 is 2.65 bits per heavy atom. The highest BCUT2D eigenvalue weighted by atomic mass is 35.5. The predicted octanol–water partition coefficient (Wildman–Crippen LogP) is 4.00. The maximum absolute atomic E-state index is 10.5. The van der Waals surface area contributed by atoms with Gasteiger partial charge in [0.05, 0.1) is 4.92 Å². The number of thiazole rings is 1. The van der Waals surface area contributed by atoms with Gasteiger partial charge in [-0.25, -0.2) is 4.98 Å². The highest BCUT2D eigenvalue weighted by molar-refractivity contribution is 7.98. The minimum atomic E-state index is -0.405. The summed E-state index contributed by atoms with van der Waals surface area (Å²) in [5, 5.41) is 10.5. The quantitative estimate of drug-likeness (QED) is 0.484. The molecular formula is C10H7ClN2O2S2. The van der Waals surface area contributed by atoms with Crippen molar-refractivity contribution >= 4 is 40.4 Å². The van der Waals surface area contributed by atoms with E-state index in [1.165, 1.54) is 23.5 Å². The maximum Gasteiger partial charge on any atom is 0.269 e. The van der Waals surface area contributed by atoms with Gasteiger partial charge in [0.25, 0.3) is 5.69 Å². The van der Waals surface area contributed by atoms with Gasteiger partial charge in [-0.3, -0.25) is 10.1 Å².